The number of amides is 2. The summed E-state index contributed by atoms with van der Waals surface area (Å²) >= 11 is 0. The van der Waals surface area contributed by atoms with E-state index in [9.17, 15) is 14.7 Å². The molecule has 2 aromatic heterocycles. The third-order valence-electron chi connectivity index (χ3n) is 7.42. The summed E-state index contributed by atoms with van der Waals surface area (Å²) in [7, 11) is 0. The number of aromatic amines is 1. The van der Waals surface area contributed by atoms with E-state index >= 15 is 0 Å². The van der Waals surface area contributed by atoms with Gasteiger partial charge in [0.15, 0.2) is 0 Å². The number of hydrogen-bond donors (Lipinski definition) is 3. The number of likely N-dealkylation sites (tertiary alicyclic amines) is 1. The molecule has 7 nitrogen and oxygen atoms in total. The van der Waals surface area contributed by atoms with Gasteiger partial charge < -0.3 is 19.6 Å². The van der Waals surface area contributed by atoms with Crippen molar-refractivity contribution in [2.75, 3.05) is 19.6 Å². The molecule has 4 aromatic rings. The molecule has 0 saturated carbocycles. The number of para-hydroxylation sites is 1. The van der Waals surface area contributed by atoms with Crippen LogP contribution in [0.1, 0.15) is 36.0 Å². The monoisotopic (exact) mass is 482 g/mol. The van der Waals surface area contributed by atoms with Crippen molar-refractivity contribution in [3.8, 4) is 0 Å². The van der Waals surface area contributed by atoms with Gasteiger partial charge in [0.2, 0.25) is 0 Å². The highest BCUT2D eigenvalue weighted by molar-refractivity contribution is 6.50. The van der Waals surface area contributed by atoms with Crippen molar-refractivity contribution in [2.24, 2.45) is 0 Å². The van der Waals surface area contributed by atoms with E-state index in [4.69, 9.17) is 0 Å². The van der Waals surface area contributed by atoms with E-state index in [1.807, 2.05) is 60.2 Å². The first-order valence-corrected chi connectivity index (χ1v) is 12.7. The van der Waals surface area contributed by atoms with Crippen molar-refractivity contribution in [3.63, 3.8) is 0 Å². The first-order chi connectivity index (χ1) is 17.5. The summed E-state index contributed by atoms with van der Waals surface area (Å²) in [5.74, 6) is -0.784. The van der Waals surface area contributed by atoms with Crippen LogP contribution < -0.4 is 5.32 Å². The fraction of sp³-hybridized carbons (Fsp3) is 0.310. The second kappa shape index (κ2) is 9.08. The molecule has 1 saturated heterocycles. The minimum absolute atomic E-state index is 0.379. The van der Waals surface area contributed by atoms with Gasteiger partial charge in [0.1, 0.15) is 0 Å². The molecule has 3 N–H and O–H groups in total. The average Bonchev–Trinajstić information content (AvgIpc) is 3.52. The number of rotatable bonds is 6. The van der Waals surface area contributed by atoms with Crippen LogP contribution in [-0.2, 0) is 16.1 Å². The zero-order valence-electron chi connectivity index (χ0n) is 20.4. The number of nitrogens with one attached hydrogen (secondary N) is 2. The van der Waals surface area contributed by atoms with E-state index in [-0.39, 0.29) is 0 Å². The molecule has 0 spiro atoms. The molecule has 0 radical (unpaired) electrons. The predicted molar refractivity (Wildman–Crippen MR) is 141 cm³/mol. The second-order valence-electron chi connectivity index (χ2n) is 10.0. The quantitative estimate of drug-likeness (QED) is 0.364. The normalized spacial score (nSPS) is 17.9. The smallest absolute Gasteiger partial charge is 0.259 e. The fourth-order valence-corrected chi connectivity index (χ4v) is 5.73. The van der Waals surface area contributed by atoms with E-state index < -0.39 is 17.9 Å². The molecular weight excluding hydrogens is 452 g/mol. The maximum absolute atomic E-state index is 13.2. The summed E-state index contributed by atoms with van der Waals surface area (Å²) < 4.78 is 2.02. The number of carbonyl (C=O) groups is 2. The third kappa shape index (κ3) is 3.94. The molecule has 1 atom stereocenters. The standard InChI is InChI=1S/C29H30N4O3/c1-18-9-10-25-21(13-18)23(17-33(25)16-19(34)15-32-11-5-2-6-12-32)27-26(28(35)31-29(27)36)22-14-30-24-8-4-3-7-20(22)24/h3-4,7-10,13-14,17,19,30,34H,2,5-6,11-12,15-16H2,1H3,(H,31,35,36). The molecule has 2 aliphatic rings. The molecule has 2 aromatic carbocycles. The summed E-state index contributed by atoms with van der Waals surface area (Å²) in [5.41, 5.74) is 5.09. The molecule has 6 rings (SSSR count). The van der Waals surface area contributed by atoms with Gasteiger partial charge in [-0.2, -0.15) is 0 Å². The Balaban J connectivity index is 1.46. The van der Waals surface area contributed by atoms with Crippen molar-refractivity contribution in [2.45, 2.75) is 38.8 Å². The molecule has 36 heavy (non-hydrogen) atoms. The van der Waals surface area contributed by atoms with Crippen LogP contribution in [0, 0.1) is 6.92 Å². The average molecular weight is 483 g/mol. The number of carbonyl (C=O) groups excluding carboxylic acids is 2. The number of aromatic nitrogens is 2. The molecule has 2 amide bonds. The Morgan fingerprint density at radius 1 is 0.917 bits per heavy atom. The lowest BCUT2D eigenvalue weighted by atomic mass is 9.95. The summed E-state index contributed by atoms with van der Waals surface area (Å²) in [6.07, 6.45) is 6.80. The Bertz CT molecular complexity index is 1520. The predicted octanol–water partition coefficient (Wildman–Crippen LogP) is 3.85. The topological polar surface area (TPSA) is 90.4 Å². The van der Waals surface area contributed by atoms with Gasteiger partial charge in [-0.05, 0) is 51.1 Å². The van der Waals surface area contributed by atoms with Gasteiger partial charge in [-0.25, -0.2) is 0 Å². The Hall–Kier alpha value is -3.68. The van der Waals surface area contributed by atoms with E-state index in [0.29, 0.717) is 35.4 Å². The highest BCUT2D eigenvalue weighted by Gasteiger charge is 2.35. The van der Waals surface area contributed by atoms with Crippen LogP contribution in [-0.4, -0.2) is 57.1 Å². The largest absolute Gasteiger partial charge is 0.390 e. The van der Waals surface area contributed by atoms with Crippen LogP contribution in [0.25, 0.3) is 33.0 Å². The van der Waals surface area contributed by atoms with Crippen LogP contribution >= 0.6 is 0 Å². The first kappa shape index (κ1) is 22.8. The molecular formula is C29H30N4O3. The first-order valence-electron chi connectivity index (χ1n) is 12.7. The number of nitrogens with zero attached hydrogens (tertiary/aromatic N) is 2. The van der Waals surface area contributed by atoms with Crippen LogP contribution in [0.15, 0.2) is 54.9 Å². The van der Waals surface area contributed by atoms with E-state index in [1.54, 1.807) is 6.20 Å². The molecule has 0 aliphatic carbocycles. The van der Waals surface area contributed by atoms with Crippen LogP contribution in [0.5, 0.6) is 0 Å². The molecule has 2 aliphatic heterocycles. The van der Waals surface area contributed by atoms with Gasteiger partial charge in [-0.1, -0.05) is 36.2 Å². The lowest BCUT2D eigenvalue weighted by Gasteiger charge is -2.28. The summed E-state index contributed by atoms with van der Waals surface area (Å²) in [6, 6.07) is 13.9. The highest BCUT2D eigenvalue weighted by atomic mass is 16.3. The van der Waals surface area contributed by atoms with Crippen LogP contribution in [0.4, 0.5) is 0 Å². The number of benzene rings is 2. The number of aryl methyl sites for hydroxylation is 1. The minimum atomic E-state index is -0.533. The van der Waals surface area contributed by atoms with Gasteiger partial charge in [-0.15, -0.1) is 0 Å². The molecule has 1 fully saturated rings. The van der Waals surface area contributed by atoms with Crippen molar-refractivity contribution in [3.05, 3.63) is 71.5 Å². The fourth-order valence-electron chi connectivity index (χ4n) is 5.73. The molecule has 1 unspecified atom stereocenters. The number of aliphatic hydroxyl groups is 1. The molecule has 0 bridgehead atoms. The number of fused-ring (bicyclic) bond motifs is 2. The Morgan fingerprint density at radius 3 is 2.47 bits per heavy atom. The molecule has 4 heterocycles. The number of piperidine rings is 1. The maximum Gasteiger partial charge on any atom is 0.259 e. The van der Waals surface area contributed by atoms with Crippen molar-refractivity contribution < 1.29 is 14.7 Å². The number of imide groups is 1. The third-order valence-corrected chi connectivity index (χ3v) is 7.42. The number of hydrogen-bond acceptors (Lipinski definition) is 4. The zero-order valence-corrected chi connectivity index (χ0v) is 20.4. The van der Waals surface area contributed by atoms with Crippen LogP contribution in [0.3, 0.4) is 0 Å². The van der Waals surface area contributed by atoms with E-state index in [1.165, 1.54) is 19.3 Å². The Kier molecular flexibility index (Phi) is 5.74. The lowest BCUT2D eigenvalue weighted by Crippen LogP contribution is -2.37. The second-order valence-corrected chi connectivity index (χ2v) is 10.0. The summed E-state index contributed by atoms with van der Waals surface area (Å²) in [5, 5.41) is 15.3. The van der Waals surface area contributed by atoms with Gasteiger partial charge in [0.05, 0.1) is 17.3 Å². The number of aliphatic hydroxyl groups excluding tert-OH is 1. The van der Waals surface area contributed by atoms with E-state index in [2.05, 4.69) is 15.2 Å². The van der Waals surface area contributed by atoms with Gasteiger partial charge in [0, 0.05) is 58.4 Å². The maximum atomic E-state index is 13.2. The van der Waals surface area contributed by atoms with Gasteiger partial charge in [0.25, 0.3) is 11.8 Å². The van der Waals surface area contributed by atoms with Crippen molar-refractivity contribution in [1.29, 1.82) is 0 Å². The Labute approximate surface area is 209 Å². The SMILES string of the molecule is Cc1ccc2c(c1)c(C1=C(c3c[nH]c4ccccc34)C(=O)NC1=O)cn2CC(O)CN1CCCCC1. The minimum Gasteiger partial charge on any atom is -0.390 e. The van der Waals surface area contributed by atoms with Gasteiger partial charge >= 0.3 is 0 Å². The van der Waals surface area contributed by atoms with Crippen molar-refractivity contribution in [1.82, 2.24) is 19.8 Å². The molecule has 184 valence electrons. The van der Waals surface area contributed by atoms with E-state index in [0.717, 1.165) is 40.5 Å². The molecule has 7 heteroatoms. The van der Waals surface area contributed by atoms with Crippen molar-refractivity contribution >= 4 is 44.8 Å². The lowest BCUT2D eigenvalue weighted by molar-refractivity contribution is -0.122. The number of β-amino-alcohol motifs (C(OH)–C–C–N with tert-alkyl or cyclic N) is 1. The number of H-pyrrole nitrogens is 1. The Morgan fingerprint density at radius 2 is 1.67 bits per heavy atom. The van der Waals surface area contributed by atoms with Gasteiger partial charge in [-0.3, -0.25) is 14.9 Å². The summed E-state index contributed by atoms with van der Waals surface area (Å²) in [4.78, 5) is 31.8. The van der Waals surface area contributed by atoms with Crippen LogP contribution in [0.2, 0.25) is 0 Å². The highest BCUT2D eigenvalue weighted by Crippen LogP contribution is 2.38. The zero-order chi connectivity index (χ0) is 24.8. The summed E-state index contributed by atoms with van der Waals surface area (Å²) in [6.45, 7) is 5.11.